The zero-order valence-corrected chi connectivity index (χ0v) is 28.7. The maximum absolute atomic E-state index is 14.0. The summed E-state index contributed by atoms with van der Waals surface area (Å²) >= 11 is 0. The molecule has 2 aliphatic rings. The van der Waals surface area contributed by atoms with E-state index in [2.05, 4.69) is 10.6 Å². The number of methoxy groups -OCH3 is 1. The quantitative estimate of drug-likeness (QED) is 0.236. The second-order valence-corrected chi connectivity index (χ2v) is 14.4. The highest BCUT2D eigenvalue weighted by Crippen LogP contribution is 2.22. The number of carbonyl (C=O) groups excluding carboxylic acids is 2. The van der Waals surface area contributed by atoms with Gasteiger partial charge in [-0.15, -0.1) is 0 Å². The lowest BCUT2D eigenvalue weighted by molar-refractivity contribution is -0.131. The van der Waals surface area contributed by atoms with Crippen molar-refractivity contribution in [1.82, 2.24) is 14.9 Å². The van der Waals surface area contributed by atoms with Gasteiger partial charge in [0, 0.05) is 25.2 Å². The van der Waals surface area contributed by atoms with Gasteiger partial charge in [0.2, 0.25) is 21.8 Å². The number of hydrogen-bond acceptors (Lipinski definition) is 8. The molecule has 0 unspecified atom stereocenters. The van der Waals surface area contributed by atoms with Gasteiger partial charge in [0.25, 0.3) is 0 Å². The third-order valence-corrected chi connectivity index (χ3v) is 10.4. The molecule has 0 radical (unpaired) electrons. The number of nitrogen functional groups attached to an aromatic ring is 1. The second kappa shape index (κ2) is 17.3. The number of aliphatic hydroxyl groups is 1. The van der Waals surface area contributed by atoms with Crippen LogP contribution in [0.3, 0.4) is 0 Å². The number of sulfonamides is 1. The van der Waals surface area contributed by atoms with Crippen LogP contribution in [0.2, 0.25) is 0 Å². The van der Waals surface area contributed by atoms with E-state index in [-0.39, 0.29) is 42.7 Å². The van der Waals surface area contributed by atoms with E-state index >= 15 is 0 Å². The fourth-order valence-corrected chi connectivity index (χ4v) is 7.01. The number of nitrogens with zero attached hydrogens (tertiary/aromatic N) is 1. The van der Waals surface area contributed by atoms with Gasteiger partial charge in [0.05, 0.1) is 30.8 Å². The molecular formula is C36H48N4O7S. The topological polar surface area (TPSA) is 160 Å². The highest BCUT2D eigenvalue weighted by Gasteiger charge is 2.33. The van der Waals surface area contributed by atoms with Crippen LogP contribution in [0.25, 0.3) is 0 Å². The van der Waals surface area contributed by atoms with Gasteiger partial charge in [0.1, 0.15) is 17.5 Å². The third kappa shape index (κ3) is 10.4. The van der Waals surface area contributed by atoms with Crippen molar-refractivity contribution in [3.8, 4) is 11.5 Å². The minimum atomic E-state index is -4.08. The van der Waals surface area contributed by atoms with E-state index in [4.69, 9.17) is 15.2 Å². The summed E-state index contributed by atoms with van der Waals surface area (Å²) in [4.78, 5) is 26.5. The molecule has 5 rings (SSSR count). The SMILES string of the molecule is COc1ccc(CCN(C[C@@H](O)[C@@H]2Cc3ccc(cc3)OCCCCCC(=O)N[C@@H](C(C)C)C(=O)N2)S(=O)(=O)c2ccc(N)cc2)cc1. The summed E-state index contributed by atoms with van der Waals surface area (Å²) in [6.45, 7) is 3.97. The number of nitrogens with two attached hydrogens (primary N) is 1. The van der Waals surface area contributed by atoms with E-state index in [0.29, 0.717) is 36.6 Å². The van der Waals surface area contributed by atoms with Crippen LogP contribution in [0.1, 0.15) is 50.7 Å². The number of fused-ring (bicyclic) bond motifs is 14. The summed E-state index contributed by atoms with van der Waals surface area (Å²) in [6, 6.07) is 18.9. The van der Waals surface area contributed by atoms with Crippen molar-refractivity contribution in [2.45, 2.75) is 75.5 Å². The molecule has 2 amide bonds. The number of anilines is 1. The molecule has 0 aliphatic carbocycles. The molecule has 260 valence electrons. The van der Waals surface area contributed by atoms with Gasteiger partial charge < -0.3 is 30.9 Å². The van der Waals surface area contributed by atoms with Crippen LogP contribution in [-0.2, 0) is 32.5 Å². The summed E-state index contributed by atoms with van der Waals surface area (Å²) in [5, 5.41) is 17.6. The van der Waals surface area contributed by atoms with Crippen LogP contribution >= 0.6 is 0 Å². The van der Waals surface area contributed by atoms with Gasteiger partial charge in [-0.25, -0.2) is 8.42 Å². The number of amides is 2. The fraction of sp³-hybridized carbons (Fsp3) is 0.444. The zero-order chi connectivity index (χ0) is 34.7. The molecule has 2 bridgehead atoms. The molecule has 3 aromatic rings. The largest absolute Gasteiger partial charge is 0.497 e. The molecule has 12 heteroatoms. The minimum absolute atomic E-state index is 0.0368. The van der Waals surface area contributed by atoms with Crippen LogP contribution in [0.4, 0.5) is 5.69 Å². The van der Waals surface area contributed by atoms with E-state index in [1.807, 2.05) is 50.2 Å². The lowest BCUT2D eigenvalue weighted by Crippen LogP contribution is -2.56. The maximum Gasteiger partial charge on any atom is 0.243 e. The Labute approximate surface area is 283 Å². The molecule has 11 nitrogen and oxygen atoms in total. The number of rotatable bonds is 10. The summed E-state index contributed by atoms with van der Waals surface area (Å²) in [7, 11) is -2.51. The summed E-state index contributed by atoms with van der Waals surface area (Å²) in [5.74, 6) is 0.479. The average molecular weight is 681 g/mol. The monoisotopic (exact) mass is 680 g/mol. The molecule has 2 aliphatic heterocycles. The Hall–Kier alpha value is -4.13. The molecule has 3 aromatic carbocycles. The average Bonchev–Trinajstić information content (AvgIpc) is 3.07. The summed E-state index contributed by atoms with van der Waals surface area (Å²) < 4.78 is 40.3. The van der Waals surface area contributed by atoms with Crippen molar-refractivity contribution >= 4 is 27.5 Å². The first-order chi connectivity index (χ1) is 23.0. The van der Waals surface area contributed by atoms with E-state index in [1.165, 1.54) is 28.6 Å². The highest BCUT2D eigenvalue weighted by molar-refractivity contribution is 7.89. The Balaban J connectivity index is 1.64. The number of aliphatic hydroxyl groups excluding tert-OH is 1. The zero-order valence-electron chi connectivity index (χ0n) is 27.9. The molecule has 0 saturated heterocycles. The summed E-state index contributed by atoms with van der Waals surface area (Å²) in [6.07, 6.45) is 1.82. The molecule has 2 heterocycles. The van der Waals surface area contributed by atoms with Crippen molar-refractivity contribution in [3.63, 3.8) is 0 Å². The van der Waals surface area contributed by atoms with Crippen molar-refractivity contribution in [2.24, 2.45) is 5.92 Å². The Bertz CT molecular complexity index is 1580. The molecule has 3 atom stereocenters. The number of ether oxygens (including phenoxy) is 2. The number of carbonyl (C=O) groups is 2. The van der Waals surface area contributed by atoms with Crippen LogP contribution in [0.15, 0.2) is 77.7 Å². The van der Waals surface area contributed by atoms with Gasteiger partial charge in [0.15, 0.2) is 0 Å². The molecule has 0 spiro atoms. The first kappa shape index (κ1) is 36.7. The van der Waals surface area contributed by atoms with E-state index in [0.717, 1.165) is 24.0 Å². The van der Waals surface area contributed by atoms with Gasteiger partial charge in [-0.3, -0.25) is 9.59 Å². The van der Waals surface area contributed by atoms with Crippen LogP contribution in [0.5, 0.6) is 11.5 Å². The Morgan fingerprint density at radius 3 is 2.29 bits per heavy atom. The van der Waals surface area contributed by atoms with Gasteiger partial charge in [-0.2, -0.15) is 4.31 Å². The minimum Gasteiger partial charge on any atom is -0.497 e. The summed E-state index contributed by atoms with van der Waals surface area (Å²) in [5.41, 5.74) is 7.95. The lowest BCUT2D eigenvalue weighted by atomic mass is 9.98. The first-order valence-electron chi connectivity index (χ1n) is 16.4. The number of nitrogens with one attached hydrogen (secondary N) is 2. The predicted octanol–water partition coefficient (Wildman–Crippen LogP) is 3.69. The van der Waals surface area contributed by atoms with Crippen molar-refractivity contribution < 1.29 is 32.6 Å². The van der Waals surface area contributed by atoms with E-state index in [1.54, 1.807) is 19.2 Å². The van der Waals surface area contributed by atoms with Crippen LogP contribution < -0.4 is 25.8 Å². The second-order valence-electron chi connectivity index (χ2n) is 12.5. The molecule has 0 fully saturated rings. The normalized spacial score (nSPS) is 18.9. The smallest absolute Gasteiger partial charge is 0.243 e. The van der Waals surface area contributed by atoms with Gasteiger partial charge in [-0.1, -0.05) is 38.1 Å². The van der Waals surface area contributed by atoms with Crippen molar-refractivity contribution in [2.75, 3.05) is 32.5 Å². The predicted molar refractivity (Wildman–Crippen MR) is 185 cm³/mol. The van der Waals surface area contributed by atoms with Crippen molar-refractivity contribution in [1.29, 1.82) is 0 Å². The number of benzene rings is 3. The Kier molecular flexibility index (Phi) is 13.2. The van der Waals surface area contributed by atoms with Gasteiger partial charge >= 0.3 is 0 Å². The molecule has 48 heavy (non-hydrogen) atoms. The third-order valence-electron chi connectivity index (χ3n) is 8.47. The van der Waals surface area contributed by atoms with Crippen LogP contribution in [0, 0.1) is 5.92 Å². The number of hydrogen-bond donors (Lipinski definition) is 4. The molecule has 0 aromatic heterocycles. The first-order valence-corrected chi connectivity index (χ1v) is 17.9. The van der Waals surface area contributed by atoms with Crippen LogP contribution in [-0.4, -0.2) is 74.6 Å². The van der Waals surface area contributed by atoms with E-state index < -0.39 is 34.1 Å². The molecule has 5 N–H and O–H groups in total. The fourth-order valence-electron chi connectivity index (χ4n) is 5.55. The maximum atomic E-state index is 14.0. The Morgan fingerprint density at radius 1 is 0.958 bits per heavy atom. The van der Waals surface area contributed by atoms with E-state index in [9.17, 15) is 23.1 Å². The Morgan fingerprint density at radius 2 is 1.65 bits per heavy atom. The molecule has 0 saturated carbocycles. The van der Waals surface area contributed by atoms with Gasteiger partial charge in [-0.05, 0) is 97.7 Å². The van der Waals surface area contributed by atoms with Crippen molar-refractivity contribution in [3.05, 3.63) is 83.9 Å². The molecular weight excluding hydrogens is 632 g/mol. The standard InChI is InChI=1S/C36H48N4O7S/c1-25(2)35-36(43)38-32(23-27-10-16-30(17-11-27)47-22-6-4-5-7-34(42)39-35)33(41)24-40(21-20-26-8-14-29(46-3)15-9-26)48(44,45)31-18-12-28(37)13-19-31/h8-19,25,32-33,35,41H,4-7,20-24,37H2,1-3H3,(H,38,43)(H,39,42)/t32-,33+,35-/m0/s1. The lowest BCUT2D eigenvalue weighted by Gasteiger charge is -2.31. The highest BCUT2D eigenvalue weighted by atomic mass is 32.2.